The first-order chi connectivity index (χ1) is 6.15. The van der Waals surface area contributed by atoms with Crippen molar-refractivity contribution in [1.82, 2.24) is 5.48 Å². The van der Waals surface area contributed by atoms with E-state index in [0.29, 0.717) is 0 Å². The molecule has 70 valence electrons. The van der Waals surface area contributed by atoms with Crippen molar-refractivity contribution < 1.29 is 10.0 Å². The highest BCUT2D eigenvalue weighted by Gasteiger charge is 2.05. The molecule has 0 atom stereocenters. The van der Waals surface area contributed by atoms with Crippen molar-refractivity contribution in [2.24, 2.45) is 0 Å². The van der Waals surface area contributed by atoms with Crippen LogP contribution >= 0.6 is 15.9 Å². The number of carbonyl (C=O) groups excluding carboxylic acids is 1. The molecule has 4 heteroatoms. The Morgan fingerprint density at radius 1 is 1.62 bits per heavy atom. The molecule has 0 aliphatic heterocycles. The summed E-state index contributed by atoms with van der Waals surface area (Å²) in [5.74, 6) is -0.402. The van der Waals surface area contributed by atoms with Gasteiger partial charge in [-0.2, -0.15) is 0 Å². The second kappa shape index (κ2) is 4.39. The lowest BCUT2D eigenvalue weighted by Gasteiger charge is -2.05. The van der Waals surface area contributed by atoms with Crippen molar-refractivity contribution in [3.63, 3.8) is 0 Å². The molecular weight excluding hydrogens is 234 g/mol. The predicted molar refractivity (Wildman–Crippen MR) is 52.5 cm³/mol. The Morgan fingerprint density at radius 2 is 2.31 bits per heavy atom. The number of rotatable bonds is 2. The van der Waals surface area contributed by atoms with E-state index < -0.39 is 5.91 Å². The number of benzene rings is 1. The molecule has 0 heterocycles. The van der Waals surface area contributed by atoms with E-state index in [1.54, 1.807) is 5.48 Å². The average molecular weight is 244 g/mol. The summed E-state index contributed by atoms with van der Waals surface area (Å²) in [7, 11) is 0. The first-order valence-electron chi connectivity index (χ1n) is 3.82. The van der Waals surface area contributed by atoms with Gasteiger partial charge in [0.05, 0.1) is 6.42 Å². The van der Waals surface area contributed by atoms with E-state index >= 15 is 0 Å². The van der Waals surface area contributed by atoms with Gasteiger partial charge in [-0.15, -0.1) is 0 Å². The second-order valence-electron chi connectivity index (χ2n) is 2.74. The number of hydrogen-bond donors (Lipinski definition) is 2. The molecule has 0 saturated carbocycles. The van der Waals surface area contributed by atoms with Crippen LogP contribution in [0.2, 0.25) is 0 Å². The van der Waals surface area contributed by atoms with Crippen molar-refractivity contribution >= 4 is 21.8 Å². The minimum atomic E-state index is -0.402. The molecular formula is C9H10BrNO2. The molecule has 0 fully saturated rings. The standard InChI is InChI=1S/C9H10BrNO2/c1-6-7(5-9(12)11-13)3-2-4-8(6)10/h2-4,13H,5H2,1H3,(H,11,12). The van der Waals surface area contributed by atoms with Gasteiger partial charge in [0.15, 0.2) is 0 Å². The summed E-state index contributed by atoms with van der Waals surface area (Å²) in [6, 6.07) is 5.63. The highest BCUT2D eigenvalue weighted by Crippen LogP contribution is 2.19. The zero-order chi connectivity index (χ0) is 9.84. The van der Waals surface area contributed by atoms with Crippen molar-refractivity contribution in [2.45, 2.75) is 13.3 Å². The Kier molecular flexibility index (Phi) is 3.45. The van der Waals surface area contributed by atoms with Gasteiger partial charge in [0.2, 0.25) is 5.91 Å². The summed E-state index contributed by atoms with van der Waals surface area (Å²) in [4.78, 5) is 10.9. The molecule has 0 aliphatic carbocycles. The zero-order valence-electron chi connectivity index (χ0n) is 7.17. The first kappa shape index (κ1) is 10.2. The van der Waals surface area contributed by atoms with Crippen LogP contribution in [0.4, 0.5) is 0 Å². The van der Waals surface area contributed by atoms with Gasteiger partial charge in [-0.25, -0.2) is 5.48 Å². The van der Waals surface area contributed by atoms with Crippen LogP contribution in [0, 0.1) is 6.92 Å². The molecule has 0 radical (unpaired) electrons. The number of hydroxylamine groups is 1. The Hall–Kier alpha value is -0.870. The SMILES string of the molecule is Cc1c(Br)cccc1CC(=O)NO. The largest absolute Gasteiger partial charge is 0.289 e. The molecule has 0 saturated heterocycles. The third-order valence-corrected chi connectivity index (χ3v) is 2.71. The first-order valence-corrected chi connectivity index (χ1v) is 4.61. The number of hydrogen-bond acceptors (Lipinski definition) is 2. The van der Waals surface area contributed by atoms with E-state index in [1.165, 1.54) is 0 Å². The maximum absolute atomic E-state index is 10.9. The molecule has 1 rings (SSSR count). The summed E-state index contributed by atoms with van der Waals surface area (Å²) < 4.78 is 0.968. The van der Waals surface area contributed by atoms with Crippen LogP contribution in [0.5, 0.6) is 0 Å². The van der Waals surface area contributed by atoms with Gasteiger partial charge < -0.3 is 0 Å². The monoisotopic (exact) mass is 243 g/mol. The van der Waals surface area contributed by atoms with Crippen LogP contribution in [0.3, 0.4) is 0 Å². The fraction of sp³-hybridized carbons (Fsp3) is 0.222. The molecule has 1 amide bonds. The fourth-order valence-electron chi connectivity index (χ4n) is 1.06. The molecule has 0 aliphatic rings. The Balaban J connectivity index is 2.89. The normalized spacial score (nSPS) is 9.77. The van der Waals surface area contributed by atoms with Crippen LogP contribution in [0.15, 0.2) is 22.7 Å². The van der Waals surface area contributed by atoms with E-state index in [1.807, 2.05) is 25.1 Å². The fourth-order valence-corrected chi connectivity index (χ4v) is 1.46. The average Bonchev–Trinajstić information content (AvgIpc) is 2.13. The maximum atomic E-state index is 10.9. The molecule has 3 nitrogen and oxygen atoms in total. The van der Waals surface area contributed by atoms with Crippen LogP contribution in [-0.4, -0.2) is 11.1 Å². The zero-order valence-corrected chi connectivity index (χ0v) is 8.76. The van der Waals surface area contributed by atoms with Crippen molar-refractivity contribution in [3.05, 3.63) is 33.8 Å². The van der Waals surface area contributed by atoms with Gasteiger partial charge in [0, 0.05) is 4.47 Å². The summed E-state index contributed by atoms with van der Waals surface area (Å²) >= 11 is 3.36. The molecule has 1 aromatic rings. The Morgan fingerprint density at radius 3 is 2.92 bits per heavy atom. The van der Waals surface area contributed by atoms with Crippen molar-refractivity contribution in [1.29, 1.82) is 0 Å². The van der Waals surface area contributed by atoms with E-state index in [2.05, 4.69) is 15.9 Å². The smallest absolute Gasteiger partial charge is 0.247 e. The van der Waals surface area contributed by atoms with E-state index in [-0.39, 0.29) is 6.42 Å². The Labute approximate surface area is 84.9 Å². The van der Waals surface area contributed by atoms with Gasteiger partial charge in [-0.1, -0.05) is 28.1 Å². The molecule has 0 bridgehead atoms. The van der Waals surface area contributed by atoms with Crippen molar-refractivity contribution in [3.8, 4) is 0 Å². The second-order valence-corrected chi connectivity index (χ2v) is 3.59. The highest BCUT2D eigenvalue weighted by molar-refractivity contribution is 9.10. The summed E-state index contributed by atoms with van der Waals surface area (Å²) in [6.07, 6.45) is 0.196. The lowest BCUT2D eigenvalue weighted by molar-refractivity contribution is -0.128. The lowest BCUT2D eigenvalue weighted by atomic mass is 10.1. The number of nitrogens with one attached hydrogen (secondary N) is 1. The topological polar surface area (TPSA) is 49.3 Å². The Bertz CT molecular complexity index is 325. The molecule has 0 unspecified atom stereocenters. The van der Waals surface area contributed by atoms with Crippen LogP contribution < -0.4 is 5.48 Å². The summed E-state index contributed by atoms with van der Waals surface area (Å²) in [6.45, 7) is 1.92. The predicted octanol–water partition coefficient (Wildman–Crippen LogP) is 1.81. The van der Waals surface area contributed by atoms with Crippen LogP contribution in [0.1, 0.15) is 11.1 Å². The maximum Gasteiger partial charge on any atom is 0.247 e. The van der Waals surface area contributed by atoms with E-state index in [0.717, 1.165) is 15.6 Å². The molecule has 0 aromatic heterocycles. The quantitative estimate of drug-likeness (QED) is 0.615. The summed E-state index contributed by atoms with van der Waals surface area (Å²) in [5, 5.41) is 8.35. The molecule has 0 spiro atoms. The third kappa shape index (κ3) is 2.54. The van der Waals surface area contributed by atoms with Gasteiger partial charge >= 0.3 is 0 Å². The minimum Gasteiger partial charge on any atom is -0.289 e. The van der Waals surface area contributed by atoms with Gasteiger partial charge in [-0.05, 0) is 24.1 Å². The molecule has 13 heavy (non-hydrogen) atoms. The van der Waals surface area contributed by atoms with E-state index in [9.17, 15) is 4.79 Å². The molecule has 2 N–H and O–H groups in total. The van der Waals surface area contributed by atoms with Gasteiger partial charge in [-0.3, -0.25) is 10.0 Å². The van der Waals surface area contributed by atoms with Crippen LogP contribution in [0.25, 0.3) is 0 Å². The third-order valence-electron chi connectivity index (χ3n) is 1.86. The van der Waals surface area contributed by atoms with E-state index in [4.69, 9.17) is 5.21 Å². The summed E-state index contributed by atoms with van der Waals surface area (Å²) in [5.41, 5.74) is 3.53. The van der Waals surface area contributed by atoms with Crippen LogP contribution in [-0.2, 0) is 11.2 Å². The number of amides is 1. The van der Waals surface area contributed by atoms with Gasteiger partial charge in [0.1, 0.15) is 0 Å². The highest BCUT2D eigenvalue weighted by atomic mass is 79.9. The molecule has 1 aromatic carbocycles. The minimum absolute atomic E-state index is 0.196. The van der Waals surface area contributed by atoms with Gasteiger partial charge in [0.25, 0.3) is 0 Å². The number of halogens is 1. The lowest BCUT2D eigenvalue weighted by Crippen LogP contribution is -2.21. The number of carbonyl (C=O) groups is 1. The van der Waals surface area contributed by atoms with Crippen molar-refractivity contribution in [2.75, 3.05) is 0 Å².